The highest BCUT2D eigenvalue weighted by molar-refractivity contribution is 5.78. The fourth-order valence-electron chi connectivity index (χ4n) is 4.09. The number of nitrogens with zero attached hydrogens (tertiary/aromatic N) is 2. The number of hydrogen-bond acceptors (Lipinski definition) is 3. The first-order valence-corrected chi connectivity index (χ1v) is 10.5. The van der Waals surface area contributed by atoms with Gasteiger partial charge in [-0.2, -0.15) is 0 Å². The third-order valence-electron chi connectivity index (χ3n) is 5.50. The van der Waals surface area contributed by atoms with Crippen LogP contribution in [0.1, 0.15) is 43.9 Å². The molecule has 4 heteroatoms. The second-order valence-electron chi connectivity index (χ2n) is 7.79. The molecule has 0 unspecified atom stereocenters. The summed E-state index contributed by atoms with van der Waals surface area (Å²) in [5, 5.41) is 3.12. The van der Waals surface area contributed by atoms with Crippen LogP contribution in [-0.4, -0.2) is 54.5 Å². The minimum atomic E-state index is 0.150. The molecule has 1 aliphatic heterocycles. The van der Waals surface area contributed by atoms with Crippen LogP contribution in [0.4, 0.5) is 0 Å². The van der Waals surface area contributed by atoms with Crippen molar-refractivity contribution in [2.75, 3.05) is 32.7 Å². The molecule has 4 nitrogen and oxygen atoms in total. The van der Waals surface area contributed by atoms with Gasteiger partial charge in [-0.05, 0) is 24.5 Å². The number of carbonyl (C=O) groups is 1. The van der Waals surface area contributed by atoms with Crippen LogP contribution in [0, 0.1) is 0 Å². The third kappa shape index (κ3) is 5.66. The van der Waals surface area contributed by atoms with Gasteiger partial charge < -0.3 is 5.32 Å². The summed E-state index contributed by atoms with van der Waals surface area (Å²) in [5.41, 5.74) is 2.65. The van der Waals surface area contributed by atoms with Crippen LogP contribution in [0.3, 0.4) is 0 Å². The zero-order chi connectivity index (χ0) is 19.8. The van der Waals surface area contributed by atoms with Gasteiger partial charge in [0, 0.05) is 32.2 Å². The summed E-state index contributed by atoms with van der Waals surface area (Å²) >= 11 is 0. The van der Waals surface area contributed by atoms with Gasteiger partial charge in [0.1, 0.15) is 0 Å². The molecule has 2 aromatic carbocycles. The minimum absolute atomic E-state index is 0.150. The molecule has 150 valence electrons. The second-order valence-corrected chi connectivity index (χ2v) is 7.79. The number of piperazine rings is 1. The number of carbonyl (C=O) groups excluding carboxylic acids is 1. The number of hydrogen-bond donors (Lipinski definition) is 1. The summed E-state index contributed by atoms with van der Waals surface area (Å²) in [6.07, 6.45) is 2.13. The van der Waals surface area contributed by atoms with E-state index >= 15 is 0 Å². The Morgan fingerprint density at radius 2 is 1.46 bits per heavy atom. The second kappa shape index (κ2) is 10.4. The van der Waals surface area contributed by atoms with Gasteiger partial charge in [0.15, 0.2) is 0 Å². The van der Waals surface area contributed by atoms with E-state index in [0.717, 1.165) is 39.0 Å². The molecule has 0 aliphatic carbocycles. The summed E-state index contributed by atoms with van der Waals surface area (Å²) < 4.78 is 0. The Bertz CT molecular complexity index is 672. The third-order valence-corrected chi connectivity index (χ3v) is 5.50. The Balaban J connectivity index is 1.61. The molecular formula is C24H33N3O. The standard InChI is InChI=1S/C24H33N3O/c1-3-10-20(2)25-23(28)19-26-15-17-27(18-16-26)24(21-11-6-4-7-12-21)22-13-8-5-9-14-22/h4-9,11-14,20,24H,3,10,15-19H2,1-2H3,(H,25,28)/t20-/m0/s1. The van der Waals surface area contributed by atoms with Crippen molar-refractivity contribution in [3.63, 3.8) is 0 Å². The van der Waals surface area contributed by atoms with Crippen LogP contribution in [0.2, 0.25) is 0 Å². The molecule has 1 N–H and O–H groups in total. The molecule has 1 amide bonds. The van der Waals surface area contributed by atoms with Crippen molar-refractivity contribution in [1.82, 2.24) is 15.1 Å². The van der Waals surface area contributed by atoms with Crippen molar-refractivity contribution in [2.24, 2.45) is 0 Å². The van der Waals surface area contributed by atoms with Crippen molar-refractivity contribution in [3.05, 3.63) is 71.8 Å². The van der Waals surface area contributed by atoms with Gasteiger partial charge in [0.2, 0.25) is 5.91 Å². The van der Waals surface area contributed by atoms with E-state index in [1.807, 2.05) is 0 Å². The van der Waals surface area contributed by atoms with E-state index in [2.05, 4.69) is 89.6 Å². The summed E-state index contributed by atoms with van der Waals surface area (Å²) in [5.74, 6) is 0.150. The van der Waals surface area contributed by atoms with Crippen molar-refractivity contribution in [3.8, 4) is 0 Å². The topological polar surface area (TPSA) is 35.6 Å². The highest BCUT2D eigenvalue weighted by atomic mass is 16.2. The average molecular weight is 380 g/mol. The largest absolute Gasteiger partial charge is 0.353 e. The lowest BCUT2D eigenvalue weighted by molar-refractivity contribution is -0.123. The van der Waals surface area contributed by atoms with Gasteiger partial charge in [-0.3, -0.25) is 14.6 Å². The quantitative estimate of drug-likeness (QED) is 0.760. The lowest BCUT2D eigenvalue weighted by Crippen LogP contribution is -2.51. The lowest BCUT2D eigenvalue weighted by atomic mass is 9.96. The highest BCUT2D eigenvalue weighted by Crippen LogP contribution is 2.29. The van der Waals surface area contributed by atoms with Crippen LogP contribution in [0.25, 0.3) is 0 Å². The molecule has 0 radical (unpaired) electrons. The summed E-state index contributed by atoms with van der Waals surface area (Å²) in [6.45, 7) is 8.51. The Morgan fingerprint density at radius 1 is 0.929 bits per heavy atom. The smallest absolute Gasteiger partial charge is 0.234 e. The van der Waals surface area contributed by atoms with Crippen LogP contribution in [0.15, 0.2) is 60.7 Å². The SMILES string of the molecule is CCC[C@H](C)NC(=O)CN1CCN(C(c2ccccc2)c2ccccc2)CC1. The van der Waals surface area contributed by atoms with E-state index < -0.39 is 0 Å². The number of amides is 1. The first-order valence-electron chi connectivity index (χ1n) is 10.5. The predicted molar refractivity (Wildman–Crippen MR) is 115 cm³/mol. The summed E-state index contributed by atoms with van der Waals surface area (Å²) in [7, 11) is 0. The maximum Gasteiger partial charge on any atom is 0.234 e. The molecule has 1 atom stereocenters. The molecule has 0 spiro atoms. The van der Waals surface area contributed by atoms with Crippen LogP contribution in [0.5, 0.6) is 0 Å². The summed E-state index contributed by atoms with van der Waals surface area (Å²) in [4.78, 5) is 17.1. The van der Waals surface area contributed by atoms with Crippen molar-refractivity contribution in [2.45, 2.75) is 38.8 Å². The Kier molecular flexibility index (Phi) is 7.63. The molecule has 1 saturated heterocycles. The number of benzene rings is 2. The zero-order valence-electron chi connectivity index (χ0n) is 17.2. The van der Waals surface area contributed by atoms with Crippen molar-refractivity contribution < 1.29 is 4.79 Å². The van der Waals surface area contributed by atoms with E-state index in [9.17, 15) is 4.79 Å². The van der Waals surface area contributed by atoms with Gasteiger partial charge >= 0.3 is 0 Å². The molecule has 28 heavy (non-hydrogen) atoms. The molecular weight excluding hydrogens is 346 g/mol. The zero-order valence-corrected chi connectivity index (χ0v) is 17.2. The maximum atomic E-state index is 12.3. The fourth-order valence-corrected chi connectivity index (χ4v) is 4.09. The maximum absolute atomic E-state index is 12.3. The average Bonchev–Trinajstić information content (AvgIpc) is 2.71. The van der Waals surface area contributed by atoms with E-state index in [1.165, 1.54) is 11.1 Å². The molecule has 0 saturated carbocycles. The van der Waals surface area contributed by atoms with Crippen molar-refractivity contribution >= 4 is 5.91 Å². The Morgan fingerprint density at radius 3 is 1.96 bits per heavy atom. The van der Waals surface area contributed by atoms with Gasteiger partial charge in [-0.25, -0.2) is 0 Å². The van der Waals surface area contributed by atoms with Crippen LogP contribution in [-0.2, 0) is 4.79 Å². The fraction of sp³-hybridized carbons (Fsp3) is 0.458. The molecule has 0 bridgehead atoms. The first kappa shape index (κ1) is 20.6. The molecule has 3 rings (SSSR count). The predicted octanol–water partition coefficient (Wildman–Crippen LogP) is 3.70. The molecule has 1 heterocycles. The summed E-state index contributed by atoms with van der Waals surface area (Å²) in [6, 6.07) is 22.0. The molecule has 0 aromatic heterocycles. The van der Waals surface area contributed by atoms with E-state index in [4.69, 9.17) is 0 Å². The minimum Gasteiger partial charge on any atom is -0.353 e. The van der Waals surface area contributed by atoms with Gasteiger partial charge in [-0.15, -0.1) is 0 Å². The Labute approximate surface area is 169 Å². The molecule has 1 aliphatic rings. The Hall–Kier alpha value is -2.17. The van der Waals surface area contributed by atoms with Gasteiger partial charge in [0.05, 0.1) is 12.6 Å². The highest BCUT2D eigenvalue weighted by Gasteiger charge is 2.27. The number of nitrogens with one attached hydrogen (secondary N) is 1. The first-order chi connectivity index (χ1) is 13.7. The van der Waals surface area contributed by atoms with Gasteiger partial charge in [0.25, 0.3) is 0 Å². The lowest BCUT2D eigenvalue weighted by Gasteiger charge is -2.39. The monoisotopic (exact) mass is 379 g/mol. The van der Waals surface area contributed by atoms with Crippen molar-refractivity contribution in [1.29, 1.82) is 0 Å². The van der Waals surface area contributed by atoms with Crippen LogP contribution < -0.4 is 5.32 Å². The number of rotatable bonds is 8. The van der Waals surface area contributed by atoms with Gasteiger partial charge in [-0.1, -0.05) is 74.0 Å². The normalized spacial score (nSPS) is 16.8. The van der Waals surface area contributed by atoms with E-state index in [1.54, 1.807) is 0 Å². The molecule has 2 aromatic rings. The molecule has 1 fully saturated rings. The van der Waals surface area contributed by atoms with E-state index in [0.29, 0.717) is 6.54 Å². The van der Waals surface area contributed by atoms with E-state index in [-0.39, 0.29) is 18.0 Å². The van der Waals surface area contributed by atoms with Crippen LogP contribution >= 0.6 is 0 Å².